The van der Waals surface area contributed by atoms with E-state index in [1.807, 2.05) is 12.1 Å². The summed E-state index contributed by atoms with van der Waals surface area (Å²) in [5.41, 5.74) is 0. The second-order valence-electron chi connectivity index (χ2n) is 6.19. The molecule has 0 bridgehead atoms. The Balaban J connectivity index is 0.00000208. The number of guanidine groups is 1. The predicted molar refractivity (Wildman–Crippen MR) is 111 cm³/mol. The monoisotopic (exact) mass is 465 g/mol. The lowest BCUT2D eigenvalue weighted by molar-refractivity contribution is 0.187. The number of hydrogen-bond acceptors (Lipinski definition) is 4. The topological polar surface area (TPSA) is 58.8 Å². The number of aliphatic imine (C=N–C) groups is 1. The van der Waals surface area contributed by atoms with Crippen LogP contribution in [0.1, 0.15) is 25.0 Å². The molecule has 2 saturated heterocycles. The van der Waals surface area contributed by atoms with Gasteiger partial charge in [-0.15, -0.1) is 24.0 Å². The van der Waals surface area contributed by atoms with Crippen LogP contribution in [0.2, 0.25) is 0 Å². The third-order valence-electron chi connectivity index (χ3n) is 4.30. The highest BCUT2D eigenvalue weighted by Gasteiger charge is 2.17. The molecule has 0 aliphatic carbocycles. The van der Waals surface area contributed by atoms with Crippen LogP contribution >= 0.6 is 35.7 Å². The molecule has 0 spiro atoms. The summed E-state index contributed by atoms with van der Waals surface area (Å²) in [6, 6.07) is 3.94. The third kappa shape index (κ3) is 6.84. The van der Waals surface area contributed by atoms with Gasteiger partial charge in [0.15, 0.2) is 5.96 Å². The largest absolute Gasteiger partial charge is 0.469 e. The van der Waals surface area contributed by atoms with Gasteiger partial charge in [-0.05, 0) is 37.1 Å². The van der Waals surface area contributed by atoms with Crippen LogP contribution in [0.5, 0.6) is 0 Å². The van der Waals surface area contributed by atoms with Gasteiger partial charge in [-0.3, -0.25) is 4.99 Å². The van der Waals surface area contributed by atoms with Crippen LogP contribution in [0.3, 0.4) is 0 Å². The molecular weight excluding hydrogens is 437 g/mol. The molecule has 5 nitrogen and oxygen atoms in total. The predicted octanol–water partition coefficient (Wildman–Crippen LogP) is 2.91. The van der Waals surface area contributed by atoms with E-state index in [4.69, 9.17) is 14.1 Å². The Morgan fingerprint density at radius 1 is 1.33 bits per heavy atom. The van der Waals surface area contributed by atoms with Crippen molar-refractivity contribution in [3.63, 3.8) is 0 Å². The highest BCUT2D eigenvalue weighted by atomic mass is 127. The zero-order valence-corrected chi connectivity index (χ0v) is 17.2. The highest BCUT2D eigenvalue weighted by molar-refractivity contribution is 14.0. The molecule has 2 N–H and O–H groups in total. The van der Waals surface area contributed by atoms with Gasteiger partial charge in [-0.1, -0.05) is 0 Å². The Bertz CT molecular complexity index is 472. The number of rotatable bonds is 7. The van der Waals surface area contributed by atoms with Crippen molar-refractivity contribution in [3.05, 3.63) is 24.2 Å². The number of furan rings is 1. The van der Waals surface area contributed by atoms with Gasteiger partial charge in [0.05, 0.1) is 12.9 Å². The fraction of sp³-hybridized carbons (Fsp3) is 0.706. The molecule has 3 heterocycles. The maximum Gasteiger partial charge on any atom is 0.191 e. The van der Waals surface area contributed by atoms with E-state index in [1.165, 1.54) is 18.6 Å². The molecule has 3 rings (SSSR count). The van der Waals surface area contributed by atoms with Gasteiger partial charge in [-0.25, -0.2) is 0 Å². The lowest BCUT2D eigenvalue weighted by Gasteiger charge is -2.16. The van der Waals surface area contributed by atoms with Crippen molar-refractivity contribution in [3.8, 4) is 0 Å². The summed E-state index contributed by atoms with van der Waals surface area (Å²) in [5, 5.41) is 7.67. The fourth-order valence-corrected chi connectivity index (χ4v) is 4.10. The van der Waals surface area contributed by atoms with Crippen LogP contribution in [-0.4, -0.2) is 49.8 Å². The fourth-order valence-electron chi connectivity index (χ4n) is 2.90. The van der Waals surface area contributed by atoms with Gasteiger partial charge in [0.1, 0.15) is 5.76 Å². The van der Waals surface area contributed by atoms with Gasteiger partial charge < -0.3 is 19.8 Å². The van der Waals surface area contributed by atoms with E-state index in [0.717, 1.165) is 62.7 Å². The second kappa shape index (κ2) is 11.3. The molecule has 0 saturated carbocycles. The van der Waals surface area contributed by atoms with Gasteiger partial charge in [-0.2, -0.15) is 11.8 Å². The number of thioether (sulfide) groups is 1. The molecule has 2 aliphatic rings. The summed E-state index contributed by atoms with van der Waals surface area (Å²) in [6.07, 6.45) is 6.38. The number of nitrogens with one attached hydrogen (secondary N) is 2. The number of hydrogen-bond donors (Lipinski definition) is 2. The summed E-state index contributed by atoms with van der Waals surface area (Å²) >= 11 is 2.07. The zero-order valence-electron chi connectivity index (χ0n) is 14.0. The minimum absolute atomic E-state index is 0. The normalized spacial score (nSPS) is 23.9. The molecule has 0 aromatic carbocycles. The molecule has 24 heavy (non-hydrogen) atoms. The highest BCUT2D eigenvalue weighted by Crippen LogP contribution is 2.25. The SMILES string of the molecule is I.c1coc(CCNC(=NCC2CCOC2)NCC2CCCS2)c1. The van der Waals surface area contributed by atoms with Crippen LogP contribution in [-0.2, 0) is 11.2 Å². The first-order chi connectivity index (χ1) is 11.4. The standard InChI is InChI=1S/C17H27N3O2S.HI/c1-3-15(22-8-1)5-7-18-17(19-11-14-6-9-21-13-14)20-12-16-4-2-10-23-16;/h1,3,8,14,16H,2,4-7,9-13H2,(H2,18,19,20);1H. The summed E-state index contributed by atoms with van der Waals surface area (Å²) in [7, 11) is 0. The van der Waals surface area contributed by atoms with E-state index in [0.29, 0.717) is 5.92 Å². The molecule has 2 atom stereocenters. The van der Waals surface area contributed by atoms with Crippen LogP contribution < -0.4 is 10.6 Å². The van der Waals surface area contributed by atoms with Crippen molar-refractivity contribution >= 4 is 41.7 Å². The summed E-state index contributed by atoms with van der Waals surface area (Å²) in [6.45, 7) is 4.40. The van der Waals surface area contributed by atoms with E-state index >= 15 is 0 Å². The molecule has 2 fully saturated rings. The van der Waals surface area contributed by atoms with Crippen LogP contribution in [0.25, 0.3) is 0 Å². The van der Waals surface area contributed by atoms with Gasteiger partial charge in [0.2, 0.25) is 0 Å². The van der Waals surface area contributed by atoms with Crippen molar-refractivity contribution in [2.24, 2.45) is 10.9 Å². The summed E-state index contributed by atoms with van der Waals surface area (Å²) in [5.74, 6) is 3.80. The number of halogens is 1. The summed E-state index contributed by atoms with van der Waals surface area (Å²) in [4.78, 5) is 4.76. The minimum Gasteiger partial charge on any atom is -0.469 e. The van der Waals surface area contributed by atoms with Crippen LogP contribution in [0, 0.1) is 5.92 Å². The average Bonchev–Trinajstić information content (AvgIpc) is 3.33. The maximum atomic E-state index is 5.43. The number of nitrogens with zero attached hydrogens (tertiary/aromatic N) is 1. The Hall–Kier alpha value is -0.410. The van der Waals surface area contributed by atoms with Crippen molar-refractivity contribution in [2.75, 3.05) is 38.6 Å². The molecule has 2 unspecified atom stereocenters. The number of ether oxygens (including phenoxy) is 1. The lowest BCUT2D eigenvalue weighted by Crippen LogP contribution is -2.41. The quantitative estimate of drug-likeness (QED) is 0.369. The summed E-state index contributed by atoms with van der Waals surface area (Å²) < 4.78 is 10.8. The van der Waals surface area contributed by atoms with Gasteiger partial charge in [0, 0.05) is 43.8 Å². The van der Waals surface area contributed by atoms with E-state index in [2.05, 4.69) is 22.4 Å². The zero-order chi connectivity index (χ0) is 15.7. The molecule has 2 aliphatic heterocycles. The van der Waals surface area contributed by atoms with E-state index in [-0.39, 0.29) is 24.0 Å². The molecule has 136 valence electrons. The molecular formula is C17H28IN3O2S. The lowest BCUT2D eigenvalue weighted by atomic mass is 10.1. The van der Waals surface area contributed by atoms with E-state index in [1.54, 1.807) is 6.26 Å². The average molecular weight is 465 g/mol. The molecule has 1 aromatic heterocycles. The van der Waals surface area contributed by atoms with Crippen molar-refractivity contribution in [2.45, 2.75) is 30.9 Å². The van der Waals surface area contributed by atoms with Gasteiger partial charge >= 0.3 is 0 Å². The molecule has 0 amide bonds. The van der Waals surface area contributed by atoms with E-state index < -0.39 is 0 Å². The Morgan fingerprint density at radius 3 is 3.00 bits per heavy atom. The first-order valence-corrected chi connectivity index (χ1v) is 9.69. The molecule has 7 heteroatoms. The third-order valence-corrected chi connectivity index (χ3v) is 5.69. The van der Waals surface area contributed by atoms with Crippen molar-refractivity contribution in [1.29, 1.82) is 0 Å². The Kier molecular flexibility index (Phi) is 9.33. The second-order valence-corrected chi connectivity index (χ2v) is 7.60. The van der Waals surface area contributed by atoms with Crippen LogP contribution in [0.4, 0.5) is 0 Å². The first-order valence-electron chi connectivity index (χ1n) is 8.64. The van der Waals surface area contributed by atoms with Crippen molar-refractivity contribution < 1.29 is 9.15 Å². The smallest absolute Gasteiger partial charge is 0.191 e. The first kappa shape index (κ1) is 19.9. The van der Waals surface area contributed by atoms with Crippen LogP contribution in [0.15, 0.2) is 27.8 Å². The molecule has 0 radical (unpaired) electrons. The van der Waals surface area contributed by atoms with Crippen molar-refractivity contribution in [1.82, 2.24) is 10.6 Å². The maximum absolute atomic E-state index is 5.43. The van der Waals surface area contributed by atoms with Gasteiger partial charge in [0.25, 0.3) is 0 Å². The Morgan fingerprint density at radius 2 is 2.29 bits per heavy atom. The van der Waals surface area contributed by atoms with E-state index in [9.17, 15) is 0 Å². The minimum atomic E-state index is 0. The molecule has 1 aromatic rings. The Labute approximate surface area is 165 Å².